The van der Waals surface area contributed by atoms with Gasteiger partial charge in [-0.05, 0) is 0 Å². The van der Waals surface area contributed by atoms with E-state index in [0.717, 1.165) is 0 Å². The summed E-state index contributed by atoms with van der Waals surface area (Å²) in [6, 6.07) is 0. The van der Waals surface area contributed by atoms with Crippen molar-refractivity contribution in [2.24, 2.45) is 0 Å². The molecule has 6 heavy (non-hydrogen) atoms. The van der Waals surface area contributed by atoms with Gasteiger partial charge in [-0.1, -0.05) is 5.92 Å². The molecule has 0 radical (unpaired) electrons. The van der Waals surface area contributed by atoms with Crippen LogP contribution < -0.4 is 74.0 Å². The fourth-order valence-corrected chi connectivity index (χ4v) is 0. The summed E-state index contributed by atoms with van der Waals surface area (Å²) < 4.78 is 0. The van der Waals surface area contributed by atoms with Crippen molar-refractivity contribution in [3.8, 4) is 12.3 Å². The minimum absolute atomic E-state index is 0. The first-order valence-corrected chi connectivity index (χ1v) is 0.947. The van der Waals surface area contributed by atoms with E-state index >= 15 is 0 Å². The first kappa shape index (κ1) is 10.1. The van der Waals surface area contributed by atoms with E-state index in [1.54, 1.807) is 0 Å². The Morgan fingerprint density at radius 2 is 2.00 bits per heavy atom. The van der Waals surface area contributed by atoms with Crippen molar-refractivity contribution < 1.29 is 78.8 Å². The molecule has 0 saturated carbocycles. The number of hydrogen-bond donors (Lipinski definition) is 0. The molecule has 0 unspecified atom stereocenters. The van der Waals surface area contributed by atoms with Crippen molar-refractivity contribution in [3.63, 3.8) is 0 Å². The Hall–Kier alpha value is 1.08. The molecular weight excluding hydrogens is 201 g/mol. The summed E-state index contributed by atoms with van der Waals surface area (Å²) in [4.78, 5) is 9.02. The van der Waals surface area contributed by atoms with Gasteiger partial charge in [0.2, 0.25) is 0 Å². The quantitative estimate of drug-likeness (QED) is 0.370. The van der Waals surface area contributed by atoms with E-state index in [2.05, 4.69) is 6.42 Å². The second-order valence-electron chi connectivity index (χ2n) is 0.432. The van der Waals surface area contributed by atoms with Gasteiger partial charge in [-0.2, -0.15) is 0 Å². The fraction of sp³-hybridized carbons (Fsp3) is 0. The Labute approximate surface area is 94.7 Å². The number of carbonyl (C=O) groups excluding carboxylic acids is 1. The van der Waals surface area contributed by atoms with Crippen LogP contribution in [0.25, 0.3) is 0 Å². The van der Waals surface area contributed by atoms with E-state index in [4.69, 9.17) is 9.90 Å². The number of rotatable bonds is 0. The summed E-state index contributed by atoms with van der Waals surface area (Å²) in [5.41, 5.74) is 0. The molecule has 0 rings (SSSR count). The number of terminal acetylenes is 1. The van der Waals surface area contributed by atoms with Crippen LogP contribution in [0.4, 0.5) is 0 Å². The third-order valence-electron chi connectivity index (χ3n) is 0.118. The van der Waals surface area contributed by atoms with Crippen LogP contribution in [-0.4, -0.2) is 5.97 Å². The molecule has 0 saturated heterocycles. The van der Waals surface area contributed by atoms with Gasteiger partial charge in [-0.25, -0.2) is 0 Å². The molecule has 0 amide bonds. The molecule has 0 aliphatic heterocycles. The van der Waals surface area contributed by atoms with Crippen LogP contribution in [-0.2, 0) is 4.79 Å². The first-order valence-electron chi connectivity index (χ1n) is 0.947. The molecule has 2 nitrogen and oxygen atoms in total. The Morgan fingerprint density at radius 3 is 2.00 bits per heavy atom. The predicted octanol–water partition coefficient (Wildman–Crippen LogP) is -4.63. The largest absolute Gasteiger partial charge is 1.00 e. The van der Waals surface area contributed by atoms with Gasteiger partial charge in [0, 0.05) is 0 Å². The number of carboxylic acids is 1. The molecule has 0 atom stereocenters. The van der Waals surface area contributed by atoms with Crippen LogP contribution in [0.2, 0.25) is 0 Å². The minimum atomic E-state index is -1.47. The SMILES string of the molecule is C#CC(=O)[O-].[Cs+]. The van der Waals surface area contributed by atoms with E-state index in [1.165, 1.54) is 5.92 Å². The molecule has 0 bridgehead atoms. The molecule has 0 aromatic carbocycles. The van der Waals surface area contributed by atoms with E-state index in [1.807, 2.05) is 0 Å². The maximum absolute atomic E-state index is 9.02. The second kappa shape index (κ2) is 6.08. The molecule has 0 aromatic heterocycles. The van der Waals surface area contributed by atoms with Crippen molar-refractivity contribution in [3.05, 3.63) is 0 Å². The van der Waals surface area contributed by atoms with Crippen LogP contribution in [0.15, 0.2) is 0 Å². The van der Waals surface area contributed by atoms with Crippen molar-refractivity contribution in [1.82, 2.24) is 0 Å². The zero-order chi connectivity index (χ0) is 4.28. The summed E-state index contributed by atoms with van der Waals surface area (Å²) in [6.07, 6.45) is 4.26. The summed E-state index contributed by atoms with van der Waals surface area (Å²) in [6.45, 7) is 0. The summed E-state index contributed by atoms with van der Waals surface area (Å²) in [7, 11) is 0. The van der Waals surface area contributed by atoms with E-state index < -0.39 is 5.97 Å². The van der Waals surface area contributed by atoms with Crippen LogP contribution in [0.1, 0.15) is 0 Å². The molecule has 26 valence electrons. The zero-order valence-corrected chi connectivity index (χ0v) is 9.67. The van der Waals surface area contributed by atoms with Gasteiger partial charge in [-0.15, -0.1) is 6.42 Å². The van der Waals surface area contributed by atoms with Crippen molar-refractivity contribution in [1.29, 1.82) is 0 Å². The summed E-state index contributed by atoms with van der Waals surface area (Å²) >= 11 is 0. The fourth-order valence-electron chi connectivity index (χ4n) is 0. The average Bonchev–Trinajstić information content (AvgIpc) is 1.38. The van der Waals surface area contributed by atoms with Crippen molar-refractivity contribution >= 4 is 5.97 Å². The number of carbonyl (C=O) groups is 1. The van der Waals surface area contributed by atoms with Crippen molar-refractivity contribution in [2.75, 3.05) is 0 Å². The van der Waals surface area contributed by atoms with E-state index in [9.17, 15) is 0 Å². The molecule has 0 heterocycles. The maximum Gasteiger partial charge on any atom is 1.00 e. The molecular formula is C3HCsO2. The van der Waals surface area contributed by atoms with Crippen LogP contribution in [0, 0.1) is 12.3 Å². The normalized spacial score (nSPS) is 4.50. The van der Waals surface area contributed by atoms with E-state index in [-0.39, 0.29) is 68.9 Å². The standard InChI is InChI=1S/C3H2O2.Cs/c1-2-3(4)5;/h1H,(H,4,5);/q;+1/p-1. The van der Waals surface area contributed by atoms with Gasteiger partial charge < -0.3 is 9.90 Å². The van der Waals surface area contributed by atoms with Crippen LogP contribution >= 0.6 is 0 Å². The first-order chi connectivity index (χ1) is 2.27. The topological polar surface area (TPSA) is 40.1 Å². The second-order valence-corrected chi connectivity index (χ2v) is 0.432. The molecule has 0 aliphatic carbocycles. The minimum Gasteiger partial charge on any atom is -0.537 e. The van der Waals surface area contributed by atoms with Crippen LogP contribution in [0.3, 0.4) is 0 Å². The molecule has 0 aliphatic rings. The monoisotopic (exact) mass is 202 g/mol. The van der Waals surface area contributed by atoms with Gasteiger partial charge in [0.1, 0.15) is 5.97 Å². The smallest absolute Gasteiger partial charge is 0.537 e. The zero-order valence-electron chi connectivity index (χ0n) is 3.39. The van der Waals surface area contributed by atoms with Gasteiger partial charge in [0.05, 0.1) is 0 Å². The molecule has 0 aromatic rings. The third kappa shape index (κ3) is 8.91. The predicted molar refractivity (Wildman–Crippen MR) is 13.8 cm³/mol. The Balaban J connectivity index is 0. The molecule has 0 spiro atoms. The Morgan fingerprint density at radius 1 is 1.83 bits per heavy atom. The van der Waals surface area contributed by atoms with E-state index in [0.29, 0.717) is 0 Å². The number of hydrogen-bond acceptors (Lipinski definition) is 2. The Kier molecular flexibility index (Phi) is 10.3. The Bertz CT molecular complexity index is 81.3. The number of aliphatic carboxylic acids is 1. The molecule has 0 fully saturated rings. The molecule has 0 N–H and O–H groups in total. The third-order valence-corrected chi connectivity index (χ3v) is 0.118. The van der Waals surface area contributed by atoms with Gasteiger partial charge in [0.15, 0.2) is 0 Å². The number of carboxylic acid groups (broad SMARTS) is 1. The van der Waals surface area contributed by atoms with Crippen LogP contribution in [0.5, 0.6) is 0 Å². The van der Waals surface area contributed by atoms with Gasteiger partial charge in [-0.3, -0.25) is 0 Å². The van der Waals surface area contributed by atoms with Gasteiger partial charge in [0.25, 0.3) is 0 Å². The average molecular weight is 202 g/mol. The maximum atomic E-state index is 9.02. The summed E-state index contributed by atoms with van der Waals surface area (Å²) in [5.74, 6) is -0.134. The van der Waals surface area contributed by atoms with Gasteiger partial charge >= 0.3 is 68.9 Å². The molecule has 3 heteroatoms. The summed E-state index contributed by atoms with van der Waals surface area (Å²) in [5, 5.41) is 9.02. The van der Waals surface area contributed by atoms with Crippen molar-refractivity contribution in [2.45, 2.75) is 0 Å².